The Bertz CT molecular complexity index is 1210. The topological polar surface area (TPSA) is 117 Å². The molecule has 2 aromatic heterocycles. The average molecular weight is 380 g/mol. The summed E-state index contributed by atoms with van der Waals surface area (Å²) in [6.45, 7) is -0.783. The molecule has 3 aromatic rings. The highest BCUT2D eigenvalue weighted by Crippen LogP contribution is 2.29. The van der Waals surface area contributed by atoms with E-state index in [4.69, 9.17) is 0 Å². The lowest BCUT2D eigenvalue weighted by atomic mass is 10.2. The summed E-state index contributed by atoms with van der Waals surface area (Å²) in [5.41, 5.74) is -4.12. The van der Waals surface area contributed by atoms with Crippen LogP contribution in [0.4, 0.5) is 18.9 Å². The lowest BCUT2D eigenvalue weighted by Crippen LogP contribution is -2.39. The summed E-state index contributed by atoms with van der Waals surface area (Å²) in [6, 6.07) is 6.58. The Balaban J connectivity index is 1.92. The van der Waals surface area contributed by atoms with Crippen LogP contribution in [0, 0.1) is 0 Å². The van der Waals surface area contributed by atoms with Gasteiger partial charge in [-0.2, -0.15) is 13.2 Å². The highest BCUT2D eigenvalue weighted by molar-refractivity contribution is 5.90. The molecule has 0 aliphatic heterocycles. The number of H-pyrrole nitrogens is 2. The summed E-state index contributed by atoms with van der Waals surface area (Å²) in [5, 5.41) is 2.13. The second-order valence-corrected chi connectivity index (χ2v) is 5.54. The number of carbonyl (C=O) groups excluding carboxylic acids is 1. The molecule has 1 amide bonds. The van der Waals surface area contributed by atoms with Gasteiger partial charge in [-0.3, -0.25) is 19.0 Å². The van der Waals surface area contributed by atoms with Crippen LogP contribution in [0.2, 0.25) is 0 Å². The number of nitrogens with zero attached hydrogens (tertiary/aromatic N) is 1. The molecule has 0 fully saturated rings. The van der Waals surface area contributed by atoms with Gasteiger partial charge in [-0.15, -0.1) is 0 Å². The molecule has 11 heteroatoms. The molecule has 140 valence electrons. The van der Waals surface area contributed by atoms with E-state index in [1.54, 1.807) is 12.1 Å². The van der Waals surface area contributed by atoms with Crippen LogP contribution < -0.4 is 22.1 Å². The van der Waals surface area contributed by atoms with Crippen molar-refractivity contribution in [2.24, 2.45) is 0 Å². The number of rotatable bonds is 3. The van der Waals surface area contributed by atoms with Crippen molar-refractivity contribution in [1.29, 1.82) is 0 Å². The molecule has 0 saturated carbocycles. The van der Waals surface area contributed by atoms with Crippen molar-refractivity contribution < 1.29 is 18.0 Å². The van der Waals surface area contributed by atoms with Crippen molar-refractivity contribution in [3.63, 3.8) is 0 Å². The summed E-state index contributed by atoms with van der Waals surface area (Å²) in [7, 11) is 0. The summed E-state index contributed by atoms with van der Waals surface area (Å²) in [5.74, 6) is -1.01. The van der Waals surface area contributed by atoms with Crippen LogP contribution in [-0.2, 0) is 17.5 Å². The minimum absolute atomic E-state index is 0.154. The third kappa shape index (κ3) is 3.66. The Morgan fingerprint density at radius 2 is 1.85 bits per heavy atom. The van der Waals surface area contributed by atoms with E-state index >= 15 is 0 Å². The first-order valence-electron chi connectivity index (χ1n) is 7.48. The third-order valence-corrected chi connectivity index (χ3v) is 3.70. The fourth-order valence-corrected chi connectivity index (χ4v) is 2.42. The smallest absolute Gasteiger partial charge is 0.327 e. The molecule has 0 aliphatic carbocycles. The first-order valence-corrected chi connectivity index (χ1v) is 7.48. The van der Waals surface area contributed by atoms with Gasteiger partial charge >= 0.3 is 11.9 Å². The van der Waals surface area contributed by atoms with Crippen LogP contribution in [0.15, 0.2) is 50.9 Å². The number of amides is 1. The number of fused-ring (bicyclic) bond motifs is 1. The highest BCUT2D eigenvalue weighted by atomic mass is 19.4. The Morgan fingerprint density at radius 3 is 2.56 bits per heavy atom. The number of anilines is 1. The lowest BCUT2D eigenvalue weighted by molar-refractivity contribution is -0.137. The molecule has 3 rings (SSSR count). The molecule has 3 N–H and O–H groups in total. The molecule has 0 aliphatic rings. The van der Waals surface area contributed by atoms with Gasteiger partial charge in [-0.25, -0.2) is 4.79 Å². The van der Waals surface area contributed by atoms with Crippen molar-refractivity contribution in [3.05, 3.63) is 73.3 Å². The van der Waals surface area contributed by atoms with Gasteiger partial charge in [-0.05, 0) is 18.2 Å². The van der Waals surface area contributed by atoms with E-state index in [9.17, 15) is 32.3 Å². The van der Waals surface area contributed by atoms with Gasteiger partial charge in [0, 0.05) is 6.20 Å². The largest absolute Gasteiger partial charge is 0.417 e. The number of hydrogen-bond acceptors (Lipinski definition) is 4. The SMILES string of the molecule is O=C(Cn1c(=O)[nH]c2ccccc2c1=O)Nc1cc(C(F)(F)F)c[nH]c1=O. The van der Waals surface area contributed by atoms with Gasteiger partial charge in [-0.1, -0.05) is 12.1 Å². The van der Waals surface area contributed by atoms with E-state index in [1.165, 1.54) is 12.1 Å². The number of para-hydroxylation sites is 1. The quantitative estimate of drug-likeness (QED) is 0.629. The van der Waals surface area contributed by atoms with Crippen LogP contribution in [0.3, 0.4) is 0 Å². The molecule has 0 radical (unpaired) electrons. The number of carbonyl (C=O) groups is 1. The summed E-state index contributed by atoms with van der Waals surface area (Å²) in [6.07, 6.45) is -4.26. The highest BCUT2D eigenvalue weighted by Gasteiger charge is 2.31. The lowest BCUT2D eigenvalue weighted by Gasteiger charge is -2.10. The van der Waals surface area contributed by atoms with Crippen molar-refractivity contribution in [2.45, 2.75) is 12.7 Å². The number of alkyl halides is 3. The summed E-state index contributed by atoms with van der Waals surface area (Å²) in [4.78, 5) is 52.3. The Hall–Kier alpha value is -3.63. The second-order valence-electron chi connectivity index (χ2n) is 5.54. The van der Waals surface area contributed by atoms with Crippen LogP contribution in [-0.4, -0.2) is 20.4 Å². The number of aromatic nitrogens is 3. The maximum Gasteiger partial charge on any atom is 0.417 e. The fraction of sp³-hybridized carbons (Fsp3) is 0.125. The Kier molecular flexibility index (Phi) is 4.44. The van der Waals surface area contributed by atoms with Crippen molar-refractivity contribution in [2.75, 3.05) is 5.32 Å². The van der Waals surface area contributed by atoms with E-state index in [2.05, 4.69) is 4.98 Å². The zero-order valence-electron chi connectivity index (χ0n) is 13.4. The molecule has 0 bridgehead atoms. The zero-order valence-corrected chi connectivity index (χ0v) is 13.4. The predicted molar refractivity (Wildman–Crippen MR) is 89.5 cm³/mol. The van der Waals surface area contributed by atoms with Crippen LogP contribution in [0.5, 0.6) is 0 Å². The molecule has 1 aromatic carbocycles. The summed E-state index contributed by atoms with van der Waals surface area (Å²) < 4.78 is 38.7. The molecule has 0 saturated heterocycles. The molecule has 0 spiro atoms. The number of benzene rings is 1. The predicted octanol–water partition coefficient (Wildman–Crippen LogP) is 1.04. The van der Waals surface area contributed by atoms with Gasteiger partial charge < -0.3 is 15.3 Å². The van der Waals surface area contributed by atoms with Gasteiger partial charge in [0.1, 0.15) is 12.2 Å². The first kappa shape index (κ1) is 18.2. The number of nitrogens with one attached hydrogen (secondary N) is 3. The Morgan fingerprint density at radius 1 is 1.15 bits per heavy atom. The van der Waals surface area contributed by atoms with Gasteiger partial charge in [0.05, 0.1) is 16.5 Å². The zero-order chi connectivity index (χ0) is 19.8. The van der Waals surface area contributed by atoms with E-state index in [0.717, 1.165) is 0 Å². The van der Waals surface area contributed by atoms with Crippen LogP contribution in [0.25, 0.3) is 10.9 Å². The van der Waals surface area contributed by atoms with E-state index in [-0.39, 0.29) is 10.9 Å². The number of halogens is 3. The van der Waals surface area contributed by atoms with Gasteiger partial charge in [0.2, 0.25) is 5.91 Å². The first-order chi connectivity index (χ1) is 12.7. The normalized spacial score (nSPS) is 11.5. The maximum atomic E-state index is 12.7. The van der Waals surface area contributed by atoms with Gasteiger partial charge in [0.25, 0.3) is 11.1 Å². The monoisotopic (exact) mass is 380 g/mol. The fourth-order valence-electron chi connectivity index (χ4n) is 2.42. The molecule has 0 atom stereocenters. The minimum atomic E-state index is -4.73. The maximum absolute atomic E-state index is 12.7. The summed E-state index contributed by atoms with van der Waals surface area (Å²) >= 11 is 0. The van der Waals surface area contributed by atoms with Crippen molar-refractivity contribution in [1.82, 2.24) is 14.5 Å². The van der Waals surface area contributed by atoms with E-state index < -0.39 is 46.7 Å². The van der Waals surface area contributed by atoms with Crippen molar-refractivity contribution >= 4 is 22.5 Å². The van der Waals surface area contributed by atoms with E-state index in [0.29, 0.717) is 16.8 Å². The molecular formula is C16H11F3N4O4. The van der Waals surface area contributed by atoms with Crippen LogP contribution >= 0.6 is 0 Å². The Labute approximate surface area is 147 Å². The average Bonchev–Trinajstić information content (AvgIpc) is 2.59. The number of hydrogen-bond donors (Lipinski definition) is 3. The molecule has 27 heavy (non-hydrogen) atoms. The number of pyridine rings is 1. The second kappa shape index (κ2) is 6.59. The molecular weight excluding hydrogens is 369 g/mol. The molecule has 2 heterocycles. The molecule has 8 nitrogen and oxygen atoms in total. The van der Waals surface area contributed by atoms with Crippen molar-refractivity contribution in [3.8, 4) is 0 Å². The van der Waals surface area contributed by atoms with Gasteiger partial charge in [0.15, 0.2) is 0 Å². The van der Waals surface area contributed by atoms with E-state index in [1.807, 2.05) is 10.3 Å². The molecule has 0 unspecified atom stereocenters. The third-order valence-electron chi connectivity index (χ3n) is 3.70. The standard InChI is InChI=1S/C16H11F3N4O4/c17-16(18,19)8-5-11(13(25)20-6-8)21-12(24)7-23-14(26)9-3-1-2-4-10(9)22-15(23)27/h1-6H,7H2,(H,20,25)(H,21,24)(H,22,27). The minimum Gasteiger partial charge on any atom is -0.327 e. The number of aromatic amines is 2. The van der Waals surface area contributed by atoms with Crippen LogP contribution in [0.1, 0.15) is 5.56 Å².